The number of rotatable bonds is 5. The lowest BCUT2D eigenvalue weighted by Gasteiger charge is -2.03. The monoisotopic (exact) mass is 370 g/mol. The third-order valence-corrected chi connectivity index (χ3v) is 6.13. The average Bonchev–Trinajstić information content (AvgIpc) is 3.08. The van der Waals surface area contributed by atoms with Crippen molar-refractivity contribution in [3.8, 4) is 10.7 Å². The van der Waals surface area contributed by atoms with Gasteiger partial charge in [-0.3, -0.25) is 5.10 Å². The number of hydrogen-bond donors (Lipinski definition) is 3. The van der Waals surface area contributed by atoms with Crippen molar-refractivity contribution < 1.29 is 14.1 Å². The van der Waals surface area contributed by atoms with Gasteiger partial charge < -0.3 is 5.32 Å². The fraction of sp³-hybridized carbons (Fsp3) is 0.214. The molecule has 1 aliphatic rings. The van der Waals surface area contributed by atoms with E-state index in [1.807, 2.05) is 6.07 Å². The topological polar surface area (TPSA) is 127 Å². The SMILES string of the molecule is NS(=O)(=O)c1ccc(-c2nccc(Nc3cc(C4CC4)[nH]n3)n2)s1.[HH].[HH].[HH].[HH]. The van der Waals surface area contributed by atoms with Gasteiger partial charge in [0, 0.05) is 29.6 Å². The largest absolute Gasteiger partial charge is 0.323 e. The van der Waals surface area contributed by atoms with E-state index in [4.69, 9.17) is 5.14 Å². The molecule has 0 radical (unpaired) electrons. The van der Waals surface area contributed by atoms with Crippen molar-refractivity contribution in [3.63, 3.8) is 0 Å². The molecular weight excluding hydrogens is 348 g/mol. The first kappa shape index (κ1) is 15.2. The number of nitrogens with one attached hydrogen (secondary N) is 2. The number of nitrogens with zero attached hydrogens (tertiary/aromatic N) is 3. The minimum atomic E-state index is -3.71. The minimum absolute atomic E-state index is 0. The Balaban J connectivity index is 0.00000182. The molecule has 1 fully saturated rings. The van der Waals surface area contributed by atoms with Gasteiger partial charge in [-0.05, 0) is 31.0 Å². The van der Waals surface area contributed by atoms with Crippen LogP contribution in [0.1, 0.15) is 30.2 Å². The number of aromatic amines is 1. The van der Waals surface area contributed by atoms with Crippen LogP contribution < -0.4 is 10.5 Å². The van der Waals surface area contributed by atoms with E-state index in [2.05, 4.69) is 25.5 Å². The molecular formula is C14H22N6O2S2. The molecule has 1 saturated carbocycles. The van der Waals surface area contributed by atoms with Gasteiger partial charge in [0.15, 0.2) is 11.6 Å². The number of primary sulfonamides is 1. The van der Waals surface area contributed by atoms with Crippen molar-refractivity contribution in [1.82, 2.24) is 20.2 Å². The Hall–Kier alpha value is -2.30. The van der Waals surface area contributed by atoms with E-state index in [0.717, 1.165) is 17.0 Å². The molecule has 0 spiro atoms. The van der Waals surface area contributed by atoms with Gasteiger partial charge in [-0.2, -0.15) is 5.10 Å². The van der Waals surface area contributed by atoms with Crippen LogP contribution in [0, 0.1) is 0 Å². The molecule has 24 heavy (non-hydrogen) atoms. The van der Waals surface area contributed by atoms with E-state index < -0.39 is 10.0 Å². The highest BCUT2D eigenvalue weighted by molar-refractivity contribution is 7.91. The third kappa shape index (κ3) is 3.16. The summed E-state index contributed by atoms with van der Waals surface area (Å²) in [6.45, 7) is 0. The van der Waals surface area contributed by atoms with Crippen molar-refractivity contribution in [2.45, 2.75) is 23.0 Å². The lowest BCUT2D eigenvalue weighted by atomic mass is 10.3. The Morgan fingerprint density at radius 3 is 2.83 bits per heavy atom. The van der Waals surface area contributed by atoms with Crippen molar-refractivity contribution in [3.05, 3.63) is 36.2 Å². The molecule has 3 heterocycles. The maximum atomic E-state index is 11.4. The van der Waals surface area contributed by atoms with Gasteiger partial charge in [0.2, 0.25) is 10.0 Å². The summed E-state index contributed by atoms with van der Waals surface area (Å²) < 4.78 is 22.8. The number of sulfonamides is 1. The molecule has 0 unspecified atom stereocenters. The Bertz CT molecular complexity index is 1010. The van der Waals surface area contributed by atoms with Crippen molar-refractivity contribution in [2.75, 3.05) is 5.32 Å². The molecule has 0 bridgehead atoms. The fourth-order valence-electron chi connectivity index (χ4n) is 2.28. The molecule has 0 saturated heterocycles. The summed E-state index contributed by atoms with van der Waals surface area (Å²) in [6.07, 6.45) is 4.00. The molecule has 132 valence electrons. The van der Waals surface area contributed by atoms with Crippen LogP contribution in [0.15, 0.2) is 34.7 Å². The number of H-pyrrole nitrogens is 1. The van der Waals surface area contributed by atoms with E-state index >= 15 is 0 Å². The third-order valence-electron chi connectivity index (χ3n) is 3.61. The molecule has 0 amide bonds. The zero-order valence-corrected chi connectivity index (χ0v) is 14.1. The van der Waals surface area contributed by atoms with Crippen molar-refractivity contribution >= 4 is 33.0 Å². The summed E-state index contributed by atoms with van der Waals surface area (Å²) in [5.41, 5.74) is 1.13. The normalized spacial score (nSPS) is 14.7. The molecule has 0 aliphatic heterocycles. The highest BCUT2D eigenvalue weighted by atomic mass is 32.2. The van der Waals surface area contributed by atoms with E-state index in [-0.39, 0.29) is 9.92 Å². The van der Waals surface area contributed by atoms with Crippen LogP contribution in [-0.2, 0) is 10.0 Å². The lowest BCUT2D eigenvalue weighted by Crippen LogP contribution is -2.09. The van der Waals surface area contributed by atoms with E-state index in [1.165, 1.54) is 18.9 Å². The smallest absolute Gasteiger partial charge is 0.247 e. The second-order valence-electron chi connectivity index (χ2n) is 5.54. The highest BCUT2D eigenvalue weighted by Crippen LogP contribution is 2.39. The van der Waals surface area contributed by atoms with Crippen LogP contribution in [0.25, 0.3) is 10.7 Å². The van der Waals surface area contributed by atoms with Crippen LogP contribution in [0.5, 0.6) is 0 Å². The molecule has 3 aromatic heterocycles. The first-order chi connectivity index (χ1) is 11.5. The predicted octanol–water partition coefficient (Wildman–Crippen LogP) is 3.18. The van der Waals surface area contributed by atoms with Gasteiger partial charge in [0.25, 0.3) is 0 Å². The van der Waals surface area contributed by atoms with Gasteiger partial charge in [0.05, 0.1) is 4.88 Å². The van der Waals surface area contributed by atoms with Gasteiger partial charge in [-0.15, -0.1) is 11.3 Å². The van der Waals surface area contributed by atoms with Crippen LogP contribution in [0.4, 0.5) is 11.6 Å². The predicted molar refractivity (Wildman–Crippen MR) is 99.0 cm³/mol. The van der Waals surface area contributed by atoms with Gasteiger partial charge in [0.1, 0.15) is 10.0 Å². The van der Waals surface area contributed by atoms with E-state index in [0.29, 0.717) is 28.3 Å². The first-order valence-corrected chi connectivity index (χ1v) is 9.64. The number of thiophene rings is 1. The maximum Gasteiger partial charge on any atom is 0.247 e. The first-order valence-electron chi connectivity index (χ1n) is 7.27. The summed E-state index contributed by atoms with van der Waals surface area (Å²) >= 11 is 1.04. The average molecular weight is 371 g/mol. The minimum Gasteiger partial charge on any atom is -0.323 e. The summed E-state index contributed by atoms with van der Waals surface area (Å²) in [7, 11) is -3.71. The van der Waals surface area contributed by atoms with Gasteiger partial charge in [-0.25, -0.2) is 23.5 Å². The summed E-state index contributed by atoms with van der Waals surface area (Å²) in [5, 5.41) is 15.5. The summed E-state index contributed by atoms with van der Waals surface area (Å²) in [6, 6.07) is 6.80. The van der Waals surface area contributed by atoms with E-state index in [9.17, 15) is 8.42 Å². The van der Waals surface area contributed by atoms with Gasteiger partial charge in [-0.1, -0.05) is 0 Å². The van der Waals surface area contributed by atoms with Crippen LogP contribution in [-0.4, -0.2) is 28.6 Å². The molecule has 0 aromatic carbocycles. The Morgan fingerprint density at radius 2 is 2.12 bits per heavy atom. The number of nitrogens with two attached hydrogens (primary N) is 1. The standard InChI is InChI=1S/C14H14N6O2S2.4H2/c15-24(21,22)13-4-3-10(23-13)14-16-6-5-11(18-14)17-12-7-9(19-20-12)8-1-2-8;;;;/h3-8H,1-2H2,(H2,15,21,22)(H2,16,17,18,19,20);4*1H. The van der Waals surface area contributed by atoms with Crippen LogP contribution in [0.2, 0.25) is 0 Å². The van der Waals surface area contributed by atoms with Crippen molar-refractivity contribution in [1.29, 1.82) is 0 Å². The molecule has 4 N–H and O–H groups in total. The zero-order chi connectivity index (χ0) is 16.7. The molecule has 4 rings (SSSR count). The van der Waals surface area contributed by atoms with E-state index in [1.54, 1.807) is 18.3 Å². The molecule has 0 atom stereocenters. The Morgan fingerprint density at radius 1 is 1.29 bits per heavy atom. The van der Waals surface area contributed by atoms with Gasteiger partial charge >= 0.3 is 0 Å². The fourth-order valence-corrected chi connectivity index (χ4v) is 3.95. The summed E-state index contributed by atoms with van der Waals surface area (Å²) in [4.78, 5) is 9.22. The van der Waals surface area contributed by atoms with Crippen molar-refractivity contribution in [2.24, 2.45) is 5.14 Å². The summed E-state index contributed by atoms with van der Waals surface area (Å²) in [5.74, 6) is 2.30. The highest BCUT2D eigenvalue weighted by Gasteiger charge is 2.25. The quantitative estimate of drug-likeness (QED) is 0.633. The Labute approximate surface area is 148 Å². The Kier molecular flexibility index (Phi) is 3.59. The molecule has 10 heteroatoms. The van der Waals surface area contributed by atoms with Crippen LogP contribution >= 0.6 is 11.3 Å². The lowest BCUT2D eigenvalue weighted by molar-refractivity contribution is 0.600. The second-order valence-corrected chi connectivity index (χ2v) is 8.41. The number of aromatic nitrogens is 4. The number of anilines is 2. The zero-order valence-electron chi connectivity index (χ0n) is 12.4. The second kappa shape index (κ2) is 5.65. The number of hydrogen-bond acceptors (Lipinski definition) is 7. The molecule has 3 aromatic rings. The molecule has 8 nitrogen and oxygen atoms in total. The van der Waals surface area contributed by atoms with Crippen LogP contribution in [0.3, 0.4) is 0 Å². The maximum absolute atomic E-state index is 11.4. The molecule has 1 aliphatic carbocycles.